The Hall–Kier alpha value is -2.66. The second-order valence-electron chi connectivity index (χ2n) is 10.6. The molecule has 1 aromatic rings. The molecule has 2 atom stereocenters. The summed E-state index contributed by atoms with van der Waals surface area (Å²) in [5.41, 5.74) is -0.315. The third-order valence-electron chi connectivity index (χ3n) is 6.10. The minimum absolute atomic E-state index is 0.299. The number of nitrogens with one attached hydrogen (secondary N) is 2. The van der Waals surface area contributed by atoms with Crippen LogP contribution in [-0.4, -0.2) is 58.5 Å². The quantitative estimate of drug-likeness (QED) is 0.267. The summed E-state index contributed by atoms with van der Waals surface area (Å²) < 4.78 is 5.45. The van der Waals surface area contributed by atoms with Crippen LogP contribution >= 0.6 is 11.8 Å². The van der Waals surface area contributed by atoms with Crippen molar-refractivity contribution in [3.63, 3.8) is 0 Å². The summed E-state index contributed by atoms with van der Waals surface area (Å²) in [6.07, 6.45) is 9.79. The van der Waals surface area contributed by atoms with Gasteiger partial charge in [-0.25, -0.2) is 4.79 Å². The van der Waals surface area contributed by atoms with E-state index < -0.39 is 29.3 Å². The van der Waals surface area contributed by atoms with E-state index >= 15 is 0 Å². The van der Waals surface area contributed by atoms with Crippen LogP contribution in [0.25, 0.3) is 0 Å². The summed E-state index contributed by atoms with van der Waals surface area (Å²) in [6.45, 7) is 13.7. The number of unbranched alkanes of at least 4 members (excludes halogenated alkanes) is 1. The van der Waals surface area contributed by atoms with Crippen LogP contribution in [0.3, 0.4) is 0 Å². The lowest BCUT2D eigenvalue weighted by molar-refractivity contribution is -0.149. The van der Waals surface area contributed by atoms with Crippen molar-refractivity contribution in [1.82, 2.24) is 15.5 Å². The number of ether oxygens (including phenoxy) is 1. The Morgan fingerprint density at radius 1 is 1.14 bits per heavy atom. The molecule has 0 spiro atoms. The molecule has 7 nitrogen and oxygen atoms in total. The van der Waals surface area contributed by atoms with Crippen LogP contribution < -0.4 is 10.6 Å². The molecule has 3 amide bonds. The van der Waals surface area contributed by atoms with E-state index in [9.17, 15) is 14.4 Å². The highest BCUT2D eigenvalue weighted by Gasteiger charge is 2.43. The summed E-state index contributed by atoms with van der Waals surface area (Å²) in [5.74, 6) is 2.66. The van der Waals surface area contributed by atoms with Gasteiger partial charge in [0.05, 0.1) is 0 Å². The number of benzene rings is 1. The van der Waals surface area contributed by atoms with Crippen LogP contribution in [0.4, 0.5) is 4.79 Å². The van der Waals surface area contributed by atoms with Crippen molar-refractivity contribution in [2.45, 2.75) is 97.4 Å². The zero-order valence-electron chi connectivity index (χ0n) is 23.8. The van der Waals surface area contributed by atoms with E-state index in [4.69, 9.17) is 11.2 Å². The number of carbonyl (C=O) groups is 3. The van der Waals surface area contributed by atoms with Gasteiger partial charge in [0.15, 0.2) is 0 Å². The molecule has 2 unspecified atom stereocenters. The molecule has 0 bridgehead atoms. The van der Waals surface area contributed by atoms with E-state index in [2.05, 4.69) is 16.6 Å². The molecule has 0 aromatic heterocycles. The standard InChI is InChI=1S/C29H45N3O4S/c1-10-13-19-30-25(33)24(22-17-15-14-16-21(22)11-2)32(29(7,8)12-3)26(34)23(18-20-37-9)31-27(35)36-28(4,5)6/h2,14-17,23-24H,10,12-13,18-20H2,1,3-9H3,(H,30,33)(H,31,35). The second kappa shape index (κ2) is 14.9. The smallest absolute Gasteiger partial charge is 0.408 e. The van der Waals surface area contributed by atoms with Crippen molar-refractivity contribution >= 4 is 29.7 Å². The number of rotatable bonds is 13. The van der Waals surface area contributed by atoms with E-state index in [1.54, 1.807) is 49.6 Å². The first-order valence-corrected chi connectivity index (χ1v) is 14.4. The number of nitrogens with zero attached hydrogens (tertiary/aromatic N) is 1. The lowest BCUT2D eigenvalue weighted by Crippen LogP contribution is -2.59. The highest BCUT2D eigenvalue weighted by atomic mass is 32.2. The van der Waals surface area contributed by atoms with Gasteiger partial charge >= 0.3 is 6.09 Å². The van der Waals surface area contributed by atoms with Crippen molar-refractivity contribution in [1.29, 1.82) is 0 Å². The molecule has 206 valence electrons. The Labute approximate surface area is 227 Å². The first kappa shape index (κ1) is 32.4. The van der Waals surface area contributed by atoms with Crippen LogP contribution in [-0.2, 0) is 14.3 Å². The van der Waals surface area contributed by atoms with Crippen molar-refractivity contribution in [3.05, 3.63) is 35.4 Å². The maximum absolute atomic E-state index is 14.3. The number of amides is 3. The number of hydrogen-bond donors (Lipinski definition) is 2. The van der Waals surface area contributed by atoms with Crippen LogP contribution in [0.15, 0.2) is 24.3 Å². The third-order valence-corrected chi connectivity index (χ3v) is 6.75. The summed E-state index contributed by atoms with van der Waals surface area (Å²) in [4.78, 5) is 42.4. The van der Waals surface area contributed by atoms with Crippen LogP contribution in [0.5, 0.6) is 0 Å². The summed E-state index contributed by atoms with van der Waals surface area (Å²) in [5, 5.41) is 5.77. The minimum atomic E-state index is -0.969. The molecule has 0 radical (unpaired) electrons. The molecule has 8 heteroatoms. The van der Waals surface area contributed by atoms with Gasteiger partial charge in [0.1, 0.15) is 17.7 Å². The van der Waals surface area contributed by atoms with Gasteiger partial charge in [-0.2, -0.15) is 11.8 Å². The van der Waals surface area contributed by atoms with Crippen molar-refractivity contribution in [2.75, 3.05) is 18.6 Å². The molecule has 1 rings (SSSR count). The average molecular weight is 532 g/mol. The molecule has 0 aliphatic heterocycles. The van der Waals surface area contributed by atoms with Crippen molar-refractivity contribution in [2.24, 2.45) is 0 Å². The first-order chi connectivity index (χ1) is 17.3. The summed E-state index contributed by atoms with van der Waals surface area (Å²) in [6, 6.07) is 5.35. The van der Waals surface area contributed by atoms with E-state index in [0.717, 1.165) is 12.8 Å². The zero-order chi connectivity index (χ0) is 28.2. The molecular formula is C29H45N3O4S. The Bertz CT molecular complexity index is 949. The number of alkyl carbamates (subject to hydrolysis) is 1. The molecule has 0 aliphatic rings. The lowest BCUT2D eigenvalue weighted by atomic mass is 9.90. The van der Waals surface area contributed by atoms with Gasteiger partial charge in [-0.3, -0.25) is 9.59 Å². The summed E-state index contributed by atoms with van der Waals surface area (Å²) in [7, 11) is 0. The SMILES string of the molecule is C#Cc1ccccc1C(C(=O)NCCCC)N(C(=O)C(CCSC)NC(=O)OC(C)(C)C)C(C)(C)CC. The fourth-order valence-corrected chi connectivity index (χ4v) is 4.28. The Morgan fingerprint density at radius 2 is 1.78 bits per heavy atom. The molecule has 1 aromatic carbocycles. The van der Waals surface area contributed by atoms with Gasteiger partial charge < -0.3 is 20.3 Å². The van der Waals surface area contributed by atoms with Crippen molar-refractivity contribution in [3.8, 4) is 12.3 Å². The Morgan fingerprint density at radius 3 is 2.32 bits per heavy atom. The Balaban J connectivity index is 3.65. The molecule has 0 fully saturated rings. The predicted molar refractivity (Wildman–Crippen MR) is 152 cm³/mol. The average Bonchev–Trinajstić information content (AvgIpc) is 2.83. The highest BCUT2D eigenvalue weighted by Crippen LogP contribution is 2.34. The van der Waals surface area contributed by atoms with E-state index in [-0.39, 0.29) is 11.8 Å². The number of terminal acetylenes is 1. The minimum Gasteiger partial charge on any atom is -0.444 e. The fourth-order valence-electron chi connectivity index (χ4n) is 3.81. The predicted octanol–water partition coefficient (Wildman–Crippen LogP) is 5.29. The van der Waals surface area contributed by atoms with Gasteiger partial charge in [-0.1, -0.05) is 44.4 Å². The molecule has 0 saturated carbocycles. The maximum atomic E-state index is 14.3. The number of hydrogen-bond acceptors (Lipinski definition) is 5. The lowest BCUT2D eigenvalue weighted by Gasteiger charge is -2.44. The zero-order valence-corrected chi connectivity index (χ0v) is 24.6. The van der Waals surface area contributed by atoms with Gasteiger partial charge in [0.2, 0.25) is 11.8 Å². The monoisotopic (exact) mass is 531 g/mol. The van der Waals surface area contributed by atoms with Gasteiger partial charge in [0, 0.05) is 17.6 Å². The second-order valence-corrected chi connectivity index (χ2v) is 11.6. The molecule has 0 heterocycles. The van der Waals surface area contributed by atoms with E-state index in [0.29, 0.717) is 36.3 Å². The molecular weight excluding hydrogens is 486 g/mol. The molecule has 2 N–H and O–H groups in total. The number of thioether (sulfide) groups is 1. The molecule has 0 aliphatic carbocycles. The highest BCUT2D eigenvalue weighted by molar-refractivity contribution is 7.98. The largest absolute Gasteiger partial charge is 0.444 e. The van der Waals surface area contributed by atoms with Crippen LogP contribution in [0, 0.1) is 12.3 Å². The normalized spacial score (nSPS) is 13.2. The van der Waals surface area contributed by atoms with Gasteiger partial charge in [-0.15, -0.1) is 6.42 Å². The fraction of sp³-hybridized carbons (Fsp3) is 0.621. The summed E-state index contributed by atoms with van der Waals surface area (Å²) >= 11 is 1.57. The maximum Gasteiger partial charge on any atom is 0.408 e. The van der Waals surface area contributed by atoms with E-state index in [1.165, 1.54) is 0 Å². The van der Waals surface area contributed by atoms with Gasteiger partial charge in [0.25, 0.3) is 0 Å². The van der Waals surface area contributed by atoms with Gasteiger partial charge in [-0.05, 0) is 77.5 Å². The Kier molecular flexibility index (Phi) is 13.1. The molecule has 37 heavy (non-hydrogen) atoms. The van der Waals surface area contributed by atoms with E-state index in [1.807, 2.05) is 46.1 Å². The van der Waals surface area contributed by atoms with Crippen molar-refractivity contribution < 1.29 is 19.1 Å². The number of carbonyl (C=O) groups excluding carboxylic acids is 3. The third kappa shape index (κ3) is 9.96. The van der Waals surface area contributed by atoms with Crippen LogP contribution in [0.2, 0.25) is 0 Å². The topological polar surface area (TPSA) is 87.7 Å². The van der Waals surface area contributed by atoms with Crippen LogP contribution in [0.1, 0.15) is 91.3 Å². The first-order valence-electron chi connectivity index (χ1n) is 13.0. The molecule has 0 saturated heterocycles.